The summed E-state index contributed by atoms with van der Waals surface area (Å²) in [5.74, 6) is 0. The van der Waals surface area contributed by atoms with E-state index in [1.54, 1.807) is 6.07 Å². The van der Waals surface area contributed by atoms with Gasteiger partial charge in [-0.25, -0.2) is 0 Å². The third-order valence-corrected chi connectivity index (χ3v) is 4.51. The third kappa shape index (κ3) is 2.78. The monoisotopic (exact) mass is 271 g/mol. The number of hydrogen-bond donors (Lipinski definition) is 1. The number of rotatable bonds is 1. The molecule has 0 heterocycles. The Morgan fingerprint density at radius 2 is 1.65 bits per heavy atom. The second kappa shape index (κ2) is 4.46. The quantitative estimate of drug-likeness (QED) is 0.784. The minimum atomic E-state index is -0.281. The molecule has 1 aromatic carbocycles. The highest BCUT2D eigenvalue weighted by Gasteiger charge is 2.37. The van der Waals surface area contributed by atoms with Gasteiger partial charge in [0.1, 0.15) is 0 Å². The zero-order valence-electron chi connectivity index (χ0n) is 10.4. The van der Waals surface area contributed by atoms with E-state index in [9.17, 15) is 0 Å². The molecule has 1 aliphatic rings. The molecule has 0 radical (unpaired) electrons. The predicted octanol–water partition coefficient (Wildman–Crippen LogP) is 4.75. The van der Waals surface area contributed by atoms with E-state index < -0.39 is 0 Å². The Morgan fingerprint density at radius 1 is 1.06 bits per heavy atom. The Hall–Kier alpha value is -0.240. The molecule has 0 spiro atoms. The van der Waals surface area contributed by atoms with Crippen molar-refractivity contribution < 1.29 is 0 Å². The minimum Gasteiger partial charge on any atom is -0.321 e. The fraction of sp³-hybridized carbons (Fsp3) is 0.571. The van der Waals surface area contributed by atoms with Crippen LogP contribution >= 0.6 is 23.2 Å². The Bertz CT molecular complexity index is 416. The predicted molar refractivity (Wildman–Crippen MR) is 74.6 cm³/mol. The van der Waals surface area contributed by atoms with Crippen molar-refractivity contribution in [1.29, 1.82) is 0 Å². The largest absolute Gasteiger partial charge is 0.321 e. The molecule has 0 saturated heterocycles. The van der Waals surface area contributed by atoms with E-state index in [1.807, 2.05) is 12.1 Å². The number of nitrogens with two attached hydrogens (primary N) is 1. The Kier molecular flexibility index (Phi) is 3.46. The van der Waals surface area contributed by atoms with Gasteiger partial charge < -0.3 is 5.73 Å². The molecule has 1 aliphatic carbocycles. The average Bonchev–Trinajstić information content (AvgIpc) is 2.23. The topological polar surface area (TPSA) is 26.0 Å². The lowest BCUT2D eigenvalue weighted by Gasteiger charge is -2.42. The van der Waals surface area contributed by atoms with Gasteiger partial charge in [0.05, 0.1) is 0 Å². The van der Waals surface area contributed by atoms with Crippen LogP contribution in [0.3, 0.4) is 0 Å². The van der Waals surface area contributed by atoms with Crippen LogP contribution < -0.4 is 5.73 Å². The van der Waals surface area contributed by atoms with Crippen LogP contribution in [0.5, 0.6) is 0 Å². The summed E-state index contributed by atoms with van der Waals surface area (Å²) in [6.07, 6.45) is 4.26. The van der Waals surface area contributed by atoms with E-state index in [4.69, 9.17) is 28.9 Å². The van der Waals surface area contributed by atoms with Crippen molar-refractivity contribution in [1.82, 2.24) is 0 Å². The van der Waals surface area contributed by atoms with Crippen molar-refractivity contribution in [3.8, 4) is 0 Å². The summed E-state index contributed by atoms with van der Waals surface area (Å²) in [6.45, 7) is 4.60. The van der Waals surface area contributed by atoms with Gasteiger partial charge in [0, 0.05) is 15.6 Å². The normalized spacial score (nSPS) is 22.4. The molecule has 2 N–H and O–H groups in total. The van der Waals surface area contributed by atoms with Gasteiger partial charge >= 0.3 is 0 Å². The molecule has 1 aromatic rings. The number of hydrogen-bond acceptors (Lipinski definition) is 1. The lowest BCUT2D eigenvalue weighted by atomic mass is 9.67. The summed E-state index contributed by atoms with van der Waals surface area (Å²) >= 11 is 12.2. The van der Waals surface area contributed by atoms with E-state index >= 15 is 0 Å². The first-order valence-electron chi connectivity index (χ1n) is 6.07. The van der Waals surface area contributed by atoms with E-state index in [-0.39, 0.29) is 5.54 Å². The van der Waals surface area contributed by atoms with Crippen molar-refractivity contribution in [3.05, 3.63) is 33.8 Å². The highest BCUT2D eigenvalue weighted by atomic mass is 35.5. The molecule has 2 rings (SSSR count). The molecule has 94 valence electrons. The maximum Gasteiger partial charge on any atom is 0.0471 e. The van der Waals surface area contributed by atoms with Crippen LogP contribution in [-0.4, -0.2) is 0 Å². The summed E-state index contributed by atoms with van der Waals surface area (Å²) in [7, 11) is 0. The van der Waals surface area contributed by atoms with Gasteiger partial charge in [-0.15, -0.1) is 0 Å². The molecule has 0 amide bonds. The lowest BCUT2D eigenvalue weighted by molar-refractivity contribution is 0.165. The van der Waals surface area contributed by atoms with E-state index in [1.165, 1.54) is 0 Å². The molecule has 0 aliphatic heterocycles. The lowest BCUT2D eigenvalue weighted by Crippen LogP contribution is -2.42. The van der Waals surface area contributed by atoms with Gasteiger partial charge in [0.25, 0.3) is 0 Å². The molecule has 17 heavy (non-hydrogen) atoms. The highest BCUT2D eigenvalue weighted by molar-refractivity contribution is 6.35. The van der Waals surface area contributed by atoms with Crippen molar-refractivity contribution in [2.45, 2.75) is 45.1 Å². The maximum absolute atomic E-state index is 6.52. The third-order valence-electron chi connectivity index (χ3n) is 3.96. The van der Waals surface area contributed by atoms with Crippen LogP contribution in [0.1, 0.15) is 45.1 Å². The summed E-state index contributed by atoms with van der Waals surface area (Å²) in [5, 5.41) is 1.36. The van der Waals surface area contributed by atoms with Gasteiger partial charge in [-0.05, 0) is 48.8 Å². The van der Waals surface area contributed by atoms with Gasteiger partial charge in [-0.2, -0.15) is 0 Å². The Labute approximate surface area is 113 Å². The van der Waals surface area contributed by atoms with Crippen LogP contribution in [0.25, 0.3) is 0 Å². The zero-order valence-corrected chi connectivity index (χ0v) is 11.9. The Balaban J connectivity index is 2.27. The fourth-order valence-electron chi connectivity index (χ4n) is 2.54. The summed E-state index contributed by atoms with van der Waals surface area (Å²) < 4.78 is 0. The van der Waals surface area contributed by atoms with Crippen molar-refractivity contribution in [3.63, 3.8) is 0 Å². The highest BCUT2D eigenvalue weighted by Crippen LogP contribution is 2.45. The molecule has 0 atom stereocenters. The van der Waals surface area contributed by atoms with Crippen molar-refractivity contribution >= 4 is 23.2 Å². The van der Waals surface area contributed by atoms with Crippen LogP contribution in [0.2, 0.25) is 10.0 Å². The second-order valence-corrected chi connectivity index (χ2v) is 6.79. The second-order valence-electron chi connectivity index (χ2n) is 5.94. The Morgan fingerprint density at radius 3 is 2.18 bits per heavy atom. The maximum atomic E-state index is 6.52. The van der Waals surface area contributed by atoms with Crippen molar-refractivity contribution in [2.24, 2.45) is 11.1 Å². The first-order valence-corrected chi connectivity index (χ1v) is 6.82. The van der Waals surface area contributed by atoms with Crippen molar-refractivity contribution in [2.75, 3.05) is 0 Å². The first-order chi connectivity index (χ1) is 7.82. The van der Waals surface area contributed by atoms with Gasteiger partial charge in [0.15, 0.2) is 0 Å². The van der Waals surface area contributed by atoms with Crippen LogP contribution in [0.15, 0.2) is 18.2 Å². The molecule has 1 saturated carbocycles. The first kappa shape index (κ1) is 13.2. The van der Waals surface area contributed by atoms with Gasteiger partial charge in [0.2, 0.25) is 0 Å². The standard InChI is InChI=1S/C14H19Cl2N/c1-13(2)5-7-14(17,8-6-13)11-4-3-10(15)9-12(11)16/h3-4,9H,5-8,17H2,1-2H3. The smallest absolute Gasteiger partial charge is 0.0471 e. The molecule has 1 nitrogen and oxygen atoms in total. The van der Waals surface area contributed by atoms with E-state index in [0.29, 0.717) is 15.5 Å². The zero-order chi connectivity index (χ0) is 12.7. The SMILES string of the molecule is CC1(C)CCC(N)(c2ccc(Cl)cc2Cl)CC1. The molecule has 1 fully saturated rings. The minimum absolute atomic E-state index is 0.281. The summed E-state index contributed by atoms with van der Waals surface area (Å²) in [4.78, 5) is 0. The molecule has 0 aromatic heterocycles. The number of halogens is 2. The van der Waals surface area contributed by atoms with Gasteiger partial charge in [-0.3, -0.25) is 0 Å². The van der Waals surface area contributed by atoms with E-state index in [0.717, 1.165) is 31.2 Å². The number of benzene rings is 1. The molecule has 0 unspecified atom stereocenters. The van der Waals surface area contributed by atoms with Crippen LogP contribution in [-0.2, 0) is 5.54 Å². The van der Waals surface area contributed by atoms with Gasteiger partial charge in [-0.1, -0.05) is 43.1 Å². The fourth-order valence-corrected chi connectivity index (χ4v) is 3.13. The van der Waals surface area contributed by atoms with Crippen LogP contribution in [0, 0.1) is 5.41 Å². The van der Waals surface area contributed by atoms with E-state index in [2.05, 4.69) is 13.8 Å². The molecular formula is C14H19Cl2N. The summed E-state index contributed by atoms with van der Waals surface area (Å²) in [6, 6.07) is 5.63. The van der Waals surface area contributed by atoms with Crippen LogP contribution in [0.4, 0.5) is 0 Å². The molecular weight excluding hydrogens is 253 g/mol. The molecule has 0 bridgehead atoms. The summed E-state index contributed by atoms with van der Waals surface area (Å²) in [5.41, 5.74) is 7.69. The molecule has 3 heteroatoms. The average molecular weight is 272 g/mol.